The Hall–Kier alpha value is -3.36. The lowest BCUT2D eigenvalue weighted by atomic mass is 10.1. The van der Waals surface area contributed by atoms with Gasteiger partial charge in [0, 0.05) is 12.6 Å². The number of carbonyl (C=O) groups excluding carboxylic acids is 2. The first-order chi connectivity index (χ1) is 18.5. The van der Waals surface area contributed by atoms with E-state index in [0.29, 0.717) is 6.42 Å². The molecule has 0 spiro atoms. The average Bonchev–Trinajstić information content (AvgIpc) is 2.92. The number of aryl methyl sites for hydroxylation is 1. The lowest BCUT2D eigenvalue weighted by Crippen LogP contribution is -2.53. The summed E-state index contributed by atoms with van der Waals surface area (Å²) in [5.41, 5.74) is 2.09. The minimum absolute atomic E-state index is 0.0409. The van der Waals surface area contributed by atoms with Crippen LogP contribution in [0.2, 0.25) is 5.02 Å². The molecule has 0 aliphatic carbocycles. The van der Waals surface area contributed by atoms with Crippen LogP contribution in [0, 0.1) is 6.92 Å². The molecule has 39 heavy (non-hydrogen) atoms. The Morgan fingerprint density at radius 2 is 1.54 bits per heavy atom. The summed E-state index contributed by atoms with van der Waals surface area (Å²) in [6.07, 6.45) is 1.25. The van der Waals surface area contributed by atoms with E-state index < -0.39 is 28.5 Å². The van der Waals surface area contributed by atoms with Crippen LogP contribution in [-0.2, 0) is 26.0 Å². The molecule has 0 saturated carbocycles. The van der Waals surface area contributed by atoms with Crippen molar-refractivity contribution in [1.29, 1.82) is 0 Å². The molecule has 3 rings (SSSR count). The summed E-state index contributed by atoms with van der Waals surface area (Å²) in [6.45, 7) is 7.10. The van der Waals surface area contributed by atoms with Crippen LogP contribution in [0.4, 0.5) is 5.69 Å². The van der Waals surface area contributed by atoms with Crippen molar-refractivity contribution in [3.63, 3.8) is 0 Å². The smallest absolute Gasteiger partial charge is 0.264 e. The van der Waals surface area contributed by atoms with Gasteiger partial charge in [-0.3, -0.25) is 13.9 Å². The molecule has 0 aliphatic rings. The molecule has 9 heteroatoms. The molecule has 7 nitrogen and oxygen atoms in total. The summed E-state index contributed by atoms with van der Waals surface area (Å²) in [5.74, 6) is -0.801. The SMILES string of the molecule is CC[C@H](C)NC(=O)[C@H](C)N(CCc1ccccc1)C(=O)CN(c1ccccc1Cl)S(=O)(=O)c1ccc(C)cc1. The number of rotatable bonds is 12. The molecule has 0 heterocycles. The van der Waals surface area contributed by atoms with Gasteiger partial charge in [-0.05, 0) is 63.4 Å². The maximum Gasteiger partial charge on any atom is 0.264 e. The Morgan fingerprint density at radius 3 is 2.15 bits per heavy atom. The second-order valence-corrected chi connectivity index (χ2v) is 11.9. The molecule has 0 aromatic heterocycles. The summed E-state index contributed by atoms with van der Waals surface area (Å²) in [7, 11) is -4.16. The number of carbonyl (C=O) groups is 2. The van der Waals surface area contributed by atoms with Crippen LogP contribution >= 0.6 is 11.6 Å². The fourth-order valence-electron chi connectivity index (χ4n) is 4.04. The topological polar surface area (TPSA) is 86.8 Å². The van der Waals surface area contributed by atoms with Gasteiger partial charge < -0.3 is 10.2 Å². The van der Waals surface area contributed by atoms with E-state index >= 15 is 0 Å². The zero-order chi connectivity index (χ0) is 28.6. The molecule has 208 valence electrons. The van der Waals surface area contributed by atoms with E-state index in [1.54, 1.807) is 43.3 Å². The first-order valence-corrected chi connectivity index (χ1v) is 14.8. The number of hydrogen-bond donors (Lipinski definition) is 1. The van der Waals surface area contributed by atoms with Gasteiger partial charge >= 0.3 is 0 Å². The second kappa shape index (κ2) is 13.6. The molecule has 0 unspecified atom stereocenters. The van der Waals surface area contributed by atoms with E-state index in [1.807, 2.05) is 51.1 Å². The van der Waals surface area contributed by atoms with Crippen LogP contribution in [0.1, 0.15) is 38.3 Å². The van der Waals surface area contributed by atoms with Gasteiger partial charge in [-0.2, -0.15) is 0 Å². The molecule has 0 bridgehead atoms. The highest BCUT2D eigenvalue weighted by molar-refractivity contribution is 7.92. The van der Waals surface area contributed by atoms with Gasteiger partial charge in [-0.15, -0.1) is 0 Å². The normalized spacial score (nSPS) is 12.8. The third kappa shape index (κ3) is 7.83. The molecule has 0 aliphatic heterocycles. The molecule has 2 atom stereocenters. The highest BCUT2D eigenvalue weighted by atomic mass is 35.5. The predicted molar refractivity (Wildman–Crippen MR) is 156 cm³/mol. The molecule has 0 fully saturated rings. The molecular weight excluding hydrogens is 534 g/mol. The van der Waals surface area contributed by atoms with Crippen LogP contribution in [0.3, 0.4) is 0 Å². The lowest BCUT2D eigenvalue weighted by molar-refractivity contribution is -0.139. The van der Waals surface area contributed by atoms with Crippen LogP contribution in [0.15, 0.2) is 83.8 Å². The van der Waals surface area contributed by atoms with Crippen LogP contribution < -0.4 is 9.62 Å². The number of para-hydroxylation sites is 1. The van der Waals surface area contributed by atoms with Gasteiger partial charge in [0.25, 0.3) is 10.0 Å². The summed E-state index contributed by atoms with van der Waals surface area (Å²) >= 11 is 6.43. The van der Waals surface area contributed by atoms with Gasteiger partial charge in [0.2, 0.25) is 11.8 Å². The van der Waals surface area contributed by atoms with Gasteiger partial charge in [0.15, 0.2) is 0 Å². The number of hydrogen-bond acceptors (Lipinski definition) is 4. The third-order valence-electron chi connectivity index (χ3n) is 6.66. The molecule has 0 radical (unpaired) electrons. The zero-order valence-corrected chi connectivity index (χ0v) is 24.4. The van der Waals surface area contributed by atoms with Gasteiger partial charge in [0.05, 0.1) is 15.6 Å². The van der Waals surface area contributed by atoms with Crippen molar-refractivity contribution in [1.82, 2.24) is 10.2 Å². The van der Waals surface area contributed by atoms with E-state index in [9.17, 15) is 18.0 Å². The van der Waals surface area contributed by atoms with Crippen LogP contribution in [-0.4, -0.2) is 50.3 Å². The predicted octanol–water partition coefficient (Wildman–Crippen LogP) is 5.22. The number of nitrogens with zero attached hydrogens (tertiary/aromatic N) is 2. The summed E-state index contributed by atoms with van der Waals surface area (Å²) in [4.78, 5) is 28.4. The summed E-state index contributed by atoms with van der Waals surface area (Å²) < 4.78 is 28.7. The van der Waals surface area contributed by atoms with Crippen molar-refractivity contribution in [3.05, 3.63) is 95.0 Å². The second-order valence-electron chi connectivity index (χ2n) is 9.59. The van der Waals surface area contributed by atoms with Crippen molar-refractivity contribution in [3.8, 4) is 0 Å². The molecule has 1 N–H and O–H groups in total. The molecule has 3 aromatic rings. The van der Waals surface area contributed by atoms with Crippen molar-refractivity contribution in [2.24, 2.45) is 0 Å². The van der Waals surface area contributed by atoms with Gasteiger partial charge in [-0.1, -0.05) is 78.7 Å². The standard InChI is InChI=1S/C30H36ClN3O4S/c1-5-23(3)32-30(36)24(4)33(20-19-25-11-7-6-8-12-25)29(35)21-34(28-14-10-9-13-27(28)31)39(37,38)26-17-15-22(2)16-18-26/h6-18,23-24H,5,19-21H2,1-4H3,(H,32,36)/t23-,24-/m0/s1. The summed E-state index contributed by atoms with van der Waals surface area (Å²) in [6, 6.07) is 21.7. The molecule has 3 aromatic carbocycles. The minimum Gasteiger partial charge on any atom is -0.352 e. The fraction of sp³-hybridized carbons (Fsp3) is 0.333. The Bertz CT molecular complexity index is 1360. The monoisotopic (exact) mass is 569 g/mol. The third-order valence-corrected chi connectivity index (χ3v) is 8.76. The largest absolute Gasteiger partial charge is 0.352 e. The van der Waals surface area contributed by atoms with E-state index in [1.165, 1.54) is 17.0 Å². The molecule has 2 amide bonds. The highest BCUT2D eigenvalue weighted by Crippen LogP contribution is 2.30. The van der Waals surface area contributed by atoms with Crippen LogP contribution in [0.5, 0.6) is 0 Å². The Morgan fingerprint density at radius 1 is 0.923 bits per heavy atom. The number of halogens is 1. The number of amides is 2. The maximum atomic E-state index is 13.9. The lowest BCUT2D eigenvalue weighted by Gasteiger charge is -2.32. The van der Waals surface area contributed by atoms with Crippen LogP contribution in [0.25, 0.3) is 0 Å². The minimum atomic E-state index is -4.16. The number of nitrogens with one attached hydrogen (secondary N) is 1. The first kappa shape index (κ1) is 30.2. The average molecular weight is 570 g/mol. The Kier molecular flexibility index (Phi) is 10.5. The van der Waals surface area contributed by atoms with Crippen molar-refractivity contribution in [2.75, 3.05) is 17.4 Å². The van der Waals surface area contributed by atoms with E-state index in [-0.39, 0.29) is 34.1 Å². The number of anilines is 1. The first-order valence-electron chi connectivity index (χ1n) is 13.0. The van der Waals surface area contributed by atoms with Crippen molar-refractivity contribution in [2.45, 2.75) is 57.5 Å². The van der Waals surface area contributed by atoms with Gasteiger partial charge in [0.1, 0.15) is 12.6 Å². The fourth-order valence-corrected chi connectivity index (χ4v) is 5.76. The van der Waals surface area contributed by atoms with E-state index in [4.69, 9.17) is 11.6 Å². The van der Waals surface area contributed by atoms with E-state index in [2.05, 4.69) is 5.32 Å². The Balaban J connectivity index is 1.98. The molecular formula is C30H36ClN3O4S. The number of benzene rings is 3. The number of sulfonamides is 1. The maximum absolute atomic E-state index is 13.9. The van der Waals surface area contributed by atoms with Gasteiger partial charge in [-0.25, -0.2) is 8.42 Å². The quantitative estimate of drug-likeness (QED) is 0.324. The van der Waals surface area contributed by atoms with Crippen molar-refractivity contribution < 1.29 is 18.0 Å². The molecule has 0 saturated heterocycles. The Labute approximate surface area is 236 Å². The zero-order valence-electron chi connectivity index (χ0n) is 22.8. The van der Waals surface area contributed by atoms with Crippen molar-refractivity contribution >= 4 is 39.1 Å². The summed E-state index contributed by atoms with van der Waals surface area (Å²) in [5, 5.41) is 3.13. The van der Waals surface area contributed by atoms with E-state index in [0.717, 1.165) is 21.9 Å². The highest BCUT2D eigenvalue weighted by Gasteiger charge is 2.33.